The van der Waals surface area contributed by atoms with E-state index < -0.39 is 0 Å². The van der Waals surface area contributed by atoms with Gasteiger partial charge in [0.15, 0.2) is 6.19 Å². The predicted octanol–water partition coefficient (Wildman–Crippen LogP) is 0.0315. The number of nitrogens with two attached hydrogens (primary N) is 1. The molecule has 2 N–H and O–H groups in total. The molecule has 54 valence electrons. The zero-order valence-electron chi connectivity index (χ0n) is 5.83. The van der Waals surface area contributed by atoms with Crippen LogP contribution in [0.4, 0.5) is 0 Å². The van der Waals surface area contributed by atoms with Crippen LogP contribution in [-0.4, -0.2) is 23.0 Å². The minimum atomic E-state index is 0.262. The lowest BCUT2D eigenvalue weighted by atomic mass is 9.97. The lowest BCUT2D eigenvalue weighted by Crippen LogP contribution is -2.34. The monoisotopic (exact) mass is 137 g/mol. The summed E-state index contributed by atoms with van der Waals surface area (Å²) in [6.45, 7) is 0. The second-order valence-corrected chi connectivity index (χ2v) is 3.21. The molecule has 2 saturated heterocycles. The van der Waals surface area contributed by atoms with E-state index in [2.05, 4.69) is 6.19 Å². The number of hydrogen-bond acceptors (Lipinski definition) is 3. The first-order valence-corrected chi connectivity index (χ1v) is 3.76. The minimum Gasteiger partial charge on any atom is -0.326 e. The molecule has 2 heterocycles. The second-order valence-electron chi connectivity index (χ2n) is 3.21. The maximum absolute atomic E-state index is 8.68. The molecule has 3 heteroatoms. The zero-order valence-corrected chi connectivity index (χ0v) is 5.83. The summed E-state index contributed by atoms with van der Waals surface area (Å²) in [6.07, 6.45) is 5.53. The van der Waals surface area contributed by atoms with Gasteiger partial charge in [-0.05, 0) is 19.3 Å². The Hall–Kier alpha value is -0.750. The molecular weight excluding hydrogens is 126 g/mol. The summed E-state index contributed by atoms with van der Waals surface area (Å²) in [5.74, 6) is 0. The molecule has 0 aliphatic carbocycles. The third-order valence-electron chi connectivity index (χ3n) is 2.70. The Bertz CT molecular complexity index is 184. The van der Waals surface area contributed by atoms with E-state index in [0.717, 1.165) is 12.8 Å². The number of nitriles is 1. The molecule has 0 amide bonds. The van der Waals surface area contributed by atoms with Crippen molar-refractivity contribution in [3.05, 3.63) is 0 Å². The van der Waals surface area contributed by atoms with E-state index in [4.69, 9.17) is 11.0 Å². The summed E-state index contributed by atoms with van der Waals surface area (Å²) in [6, 6.07) is 1.11. The van der Waals surface area contributed by atoms with E-state index in [-0.39, 0.29) is 6.04 Å². The molecule has 0 spiro atoms. The first-order valence-electron chi connectivity index (χ1n) is 3.76. The molecule has 0 aromatic heterocycles. The second kappa shape index (κ2) is 1.86. The fourth-order valence-electron chi connectivity index (χ4n) is 2.19. The average molecular weight is 137 g/mol. The van der Waals surface area contributed by atoms with Crippen molar-refractivity contribution in [2.45, 2.75) is 37.4 Å². The predicted molar refractivity (Wildman–Crippen MR) is 36.9 cm³/mol. The van der Waals surface area contributed by atoms with Crippen molar-refractivity contribution in [1.29, 1.82) is 5.26 Å². The van der Waals surface area contributed by atoms with E-state index in [0.29, 0.717) is 12.1 Å². The average Bonchev–Trinajstić information content (AvgIpc) is 2.42. The van der Waals surface area contributed by atoms with Gasteiger partial charge in [0.25, 0.3) is 0 Å². The SMILES string of the molecule is N#CN1C2CC[C@H]1C[C@H]2N. The molecule has 0 aromatic rings. The molecule has 2 rings (SSSR count). The topological polar surface area (TPSA) is 53.0 Å². The Morgan fingerprint density at radius 3 is 2.60 bits per heavy atom. The Kier molecular flexibility index (Phi) is 1.12. The van der Waals surface area contributed by atoms with Crippen molar-refractivity contribution in [1.82, 2.24) is 4.90 Å². The van der Waals surface area contributed by atoms with Crippen molar-refractivity contribution in [2.75, 3.05) is 0 Å². The van der Waals surface area contributed by atoms with Gasteiger partial charge in [0, 0.05) is 12.1 Å². The van der Waals surface area contributed by atoms with Crippen LogP contribution in [0.3, 0.4) is 0 Å². The van der Waals surface area contributed by atoms with Gasteiger partial charge in [-0.25, -0.2) is 0 Å². The summed E-state index contributed by atoms with van der Waals surface area (Å²) in [5.41, 5.74) is 5.79. The Morgan fingerprint density at radius 2 is 2.30 bits per heavy atom. The third-order valence-corrected chi connectivity index (χ3v) is 2.70. The van der Waals surface area contributed by atoms with Crippen LogP contribution in [0.25, 0.3) is 0 Å². The highest BCUT2D eigenvalue weighted by Gasteiger charge is 2.44. The zero-order chi connectivity index (χ0) is 7.14. The van der Waals surface area contributed by atoms with Gasteiger partial charge in [0.05, 0.1) is 6.04 Å². The molecule has 0 radical (unpaired) electrons. The minimum absolute atomic E-state index is 0.262. The summed E-state index contributed by atoms with van der Waals surface area (Å²) >= 11 is 0. The van der Waals surface area contributed by atoms with Gasteiger partial charge in [-0.3, -0.25) is 0 Å². The van der Waals surface area contributed by atoms with Crippen LogP contribution in [0.15, 0.2) is 0 Å². The van der Waals surface area contributed by atoms with Crippen LogP contribution in [0.2, 0.25) is 0 Å². The van der Waals surface area contributed by atoms with Crippen LogP contribution in [0.1, 0.15) is 19.3 Å². The van der Waals surface area contributed by atoms with E-state index in [1.165, 1.54) is 6.42 Å². The molecule has 3 atom stereocenters. The number of nitrogens with zero attached hydrogens (tertiary/aromatic N) is 2. The van der Waals surface area contributed by atoms with Crippen LogP contribution >= 0.6 is 0 Å². The highest BCUT2D eigenvalue weighted by atomic mass is 15.2. The first-order chi connectivity index (χ1) is 4.83. The van der Waals surface area contributed by atoms with Gasteiger partial charge in [-0.2, -0.15) is 5.26 Å². The highest BCUT2D eigenvalue weighted by Crippen LogP contribution is 2.35. The van der Waals surface area contributed by atoms with Gasteiger partial charge in [-0.1, -0.05) is 0 Å². The quantitative estimate of drug-likeness (QED) is 0.479. The number of rotatable bonds is 0. The first kappa shape index (κ1) is 5.99. The van der Waals surface area contributed by atoms with Gasteiger partial charge >= 0.3 is 0 Å². The molecule has 10 heavy (non-hydrogen) atoms. The molecule has 2 bridgehead atoms. The fraction of sp³-hybridized carbons (Fsp3) is 0.857. The molecule has 0 aromatic carbocycles. The van der Waals surface area contributed by atoms with Crippen molar-refractivity contribution >= 4 is 0 Å². The van der Waals surface area contributed by atoms with Crippen molar-refractivity contribution in [3.8, 4) is 6.19 Å². The third kappa shape index (κ3) is 0.572. The highest BCUT2D eigenvalue weighted by molar-refractivity contribution is 5.06. The molecule has 1 unspecified atom stereocenters. The summed E-state index contributed by atoms with van der Waals surface area (Å²) in [4.78, 5) is 1.88. The van der Waals surface area contributed by atoms with E-state index in [1.807, 2.05) is 4.90 Å². The standard InChI is InChI=1S/C7H11N3/c8-4-10-5-1-2-7(10)6(9)3-5/h5-7H,1-3,9H2/t5-,6+,7?/m0/s1. The van der Waals surface area contributed by atoms with E-state index >= 15 is 0 Å². The van der Waals surface area contributed by atoms with Crippen molar-refractivity contribution in [3.63, 3.8) is 0 Å². The molecule has 2 aliphatic heterocycles. The summed E-state index contributed by atoms with van der Waals surface area (Å²) in [5, 5.41) is 8.68. The van der Waals surface area contributed by atoms with Crippen LogP contribution < -0.4 is 5.73 Å². The van der Waals surface area contributed by atoms with Gasteiger partial charge in [0.1, 0.15) is 0 Å². The van der Waals surface area contributed by atoms with E-state index in [9.17, 15) is 0 Å². The lowest BCUT2D eigenvalue weighted by molar-refractivity contribution is 0.364. The van der Waals surface area contributed by atoms with Crippen LogP contribution in [0, 0.1) is 11.5 Å². The van der Waals surface area contributed by atoms with Crippen LogP contribution in [0.5, 0.6) is 0 Å². The molecule has 2 aliphatic rings. The summed E-state index contributed by atoms with van der Waals surface area (Å²) in [7, 11) is 0. The molecular formula is C7H11N3. The van der Waals surface area contributed by atoms with Crippen LogP contribution in [-0.2, 0) is 0 Å². The smallest absolute Gasteiger partial charge is 0.179 e. The maximum atomic E-state index is 8.68. The summed E-state index contributed by atoms with van der Waals surface area (Å²) < 4.78 is 0. The molecule has 2 fully saturated rings. The van der Waals surface area contributed by atoms with Gasteiger partial charge in [-0.15, -0.1) is 0 Å². The Labute approximate surface area is 60.4 Å². The maximum Gasteiger partial charge on any atom is 0.179 e. The van der Waals surface area contributed by atoms with Crippen molar-refractivity contribution in [2.24, 2.45) is 5.73 Å². The van der Waals surface area contributed by atoms with Gasteiger partial charge < -0.3 is 10.6 Å². The largest absolute Gasteiger partial charge is 0.326 e. The van der Waals surface area contributed by atoms with Gasteiger partial charge in [0.2, 0.25) is 0 Å². The van der Waals surface area contributed by atoms with Crippen molar-refractivity contribution < 1.29 is 0 Å². The molecule has 3 nitrogen and oxygen atoms in total. The Balaban J connectivity index is 2.20. The number of fused-ring (bicyclic) bond motifs is 2. The molecule has 0 saturated carbocycles. The fourth-order valence-corrected chi connectivity index (χ4v) is 2.19. The Morgan fingerprint density at radius 1 is 1.50 bits per heavy atom. The number of hydrogen-bond donors (Lipinski definition) is 1. The van der Waals surface area contributed by atoms with E-state index in [1.54, 1.807) is 0 Å². The lowest BCUT2D eigenvalue weighted by Gasteiger charge is -2.15. The normalized spacial score (nSPS) is 44.0.